The van der Waals surface area contributed by atoms with Gasteiger partial charge in [-0.2, -0.15) is 13.2 Å². The zero-order valence-electron chi connectivity index (χ0n) is 19.9. The summed E-state index contributed by atoms with van der Waals surface area (Å²) in [6.45, 7) is 2.52. The number of ether oxygens (including phenoxy) is 1. The molecule has 37 heavy (non-hydrogen) atoms. The summed E-state index contributed by atoms with van der Waals surface area (Å²) >= 11 is 1.55. The monoisotopic (exact) mass is 529 g/mol. The van der Waals surface area contributed by atoms with Crippen LogP contribution in [0.5, 0.6) is 5.75 Å². The molecule has 0 aliphatic carbocycles. The number of amides is 1. The summed E-state index contributed by atoms with van der Waals surface area (Å²) in [5.41, 5.74) is 6.57. The number of aromatic nitrogens is 3. The third-order valence-corrected chi connectivity index (χ3v) is 6.88. The molecular formula is C25H22F3N5O3S. The zero-order valence-corrected chi connectivity index (χ0v) is 20.7. The summed E-state index contributed by atoms with van der Waals surface area (Å²) in [5.74, 6) is 0.0720. The van der Waals surface area contributed by atoms with Gasteiger partial charge < -0.3 is 19.8 Å². The third-order valence-electron chi connectivity index (χ3n) is 6.03. The average Bonchev–Trinajstić information content (AvgIpc) is 3.58. The first-order chi connectivity index (χ1) is 17.7. The maximum absolute atomic E-state index is 13.4. The number of carbonyl (C=O) groups is 1. The number of hydrogen-bond donors (Lipinski definition) is 1. The lowest BCUT2D eigenvalue weighted by Gasteiger charge is -2.25. The Labute approximate surface area is 213 Å². The largest absolute Gasteiger partial charge is 0.494 e. The van der Waals surface area contributed by atoms with Gasteiger partial charge >= 0.3 is 6.18 Å². The molecule has 0 spiro atoms. The Morgan fingerprint density at radius 3 is 2.68 bits per heavy atom. The van der Waals surface area contributed by atoms with Crippen LogP contribution >= 0.6 is 11.3 Å². The minimum atomic E-state index is -4.62. The van der Waals surface area contributed by atoms with Gasteiger partial charge in [-0.15, -0.1) is 11.3 Å². The van der Waals surface area contributed by atoms with Crippen LogP contribution in [0, 0.1) is 0 Å². The summed E-state index contributed by atoms with van der Waals surface area (Å²) in [6.07, 6.45) is -0.268. The number of alkyl halides is 3. The summed E-state index contributed by atoms with van der Waals surface area (Å²) in [4.78, 5) is 27.6. The second kappa shape index (κ2) is 9.60. The fourth-order valence-corrected chi connectivity index (χ4v) is 4.90. The molecule has 3 aromatic heterocycles. The van der Waals surface area contributed by atoms with Crippen LogP contribution in [-0.4, -0.2) is 46.0 Å². The number of carbonyl (C=O) groups excluding carboxylic acids is 1. The van der Waals surface area contributed by atoms with Gasteiger partial charge in [-0.1, -0.05) is 6.08 Å². The number of benzene rings is 1. The standard InChI is InChI=1S/C25H22F3N5O3S/c1-13(29)21-20(24(34)33-10-7-14(8-11-33)23-30-9-12-37-23)32-22(36-21)16-3-5-17(35-2)19-15(16)4-6-18(31-19)25(26,27)28/h3-7,9,12-13H,8,10-11,29H2,1-2H3/t13-/m0/s1. The van der Waals surface area contributed by atoms with E-state index in [4.69, 9.17) is 14.9 Å². The van der Waals surface area contributed by atoms with Gasteiger partial charge in [0.1, 0.15) is 22.0 Å². The van der Waals surface area contributed by atoms with E-state index in [0.29, 0.717) is 30.5 Å². The fourth-order valence-electron chi connectivity index (χ4n) is 4.19. The highest BCUT2D eigenvalue weighted by Gasteiger charge is 2.34. The number of nitrogens with zero attached hydrogens (tertiary/aromatic N) is 4. The molecule has 0 fully saturated rings. The van der Waals surface area contributed by atoms with Crippen LogP contribution in [0.25, 0.3) is 27.9 Å². The van der Waals surface area contributed by atoms with E-state index in [-0.39, 0.29) is 34.5 Å². The van der Waals surface area contributed by atoms with Crippen molar-refractivity contribution in [3.63, 3.8) is 0 Å². The van der Waals surface area contributed by atoms with E-state index < -0.39 is 17.9 Å². The molecule has 1 amide bonds. The summed E-state index contributed by atoms with van der Waals surface area (Å²) in [5, 5.41) is 3.17. The van der Waals surface area contributed by atoms with E-state index in [9.17, 15) is 18.0 Å². The number of rotatable bonds is 5. The normalized spacial score (nSPS) is 15.1. The Hall–Kier alpha value is -3.77. The van der Waals surface area contributed by atoms with Crippen LogP contribution < -0.4 is 10.5 Å². The van der Waals surface area contributed by atoms with Crippen molar-refractivity contribution in [3.8, 4) is 17.2 Å². The van der Waals surface area contributed by atoms with Crippen molar-refractivity contribution in [2.45, 2.75) is 25.6 Å². The molecule has 0 bridgehead atoms. The Balaban J connectivity index is 1.53. The molecule has 0 radical (unpaired) electrons. The minimum absolute atomic E-state index is 0.000804. The lowest BCUT2D eigenvalue weighted by atomic mass is 10.1. The molecule has 192 valence electrons. The molecule has 4 aromatic rings. The number of methoxy groups -OCH3 is 1. The van der Waals surface area contributed by atoms with E-state index >= 15 is 0 Å². The predicted molar refractivity (Wildman–Crippen MR) is 132 cm³/mol. The van der Waals surface area contributed by atoms with Crippen LogP contribution in [0.2, 0.25) is 0 Å². The van der Waals surface area contributed by atoms with Crippen LogP contribution in [0.4, 0.5) is 13.2 Å². The number of thiazole rings is 1. The maximum atomic E-state index is 13.4. The molecule has 5 rings (SSSR count). The fraction of sp³-hybridized carbons (Fsp3) is 0.280. The maximum Gasteiger partial charge on any atom is 0.433 e. The van der Waals surface area contributed by atoms with E-state index in [0.717, 1.165) is 16.6 Å². The zero-order chi connectivity index (χ0) is 26.3. The molecule has 2 N–H and O–H groups in total. The topological polar surface area (TPSA) is 107 Å². The molecule has 1 aromatic carbocycles. The summed E-state index contributed by atoms with van der Waals surface area (Å²) in [6, 6.07) is 4.61. The first-order valence-corrected chi connectivity index (χ1v) is 12.2. The van der Waals surface area contributed by atoms with Crippen molar-refractivity contribution in [2.24, 2.45) is 5.73 Å². The first-order valence-electron chi connectivity index (χ1n) is 11.4. The van der Waals surface area contributed by atoms with Gasteiger partial charge in [0.15, 0.2) is 11.5 Å². The van der Waals surface area contributed by atoms with E-state index in [1.54, 1.807) is 35.4 Å². The van der Waals surface area contributed by atoms with Gasteiger partial charge in [-0.25, -0.2) is 15.0 Å². The van der Waals surface area contributed by atoms with Crippen molar-refractivity contribution in [2.75, 3.05) is 20.2 Å². The number of halogens is 3. The first kappa shape index (κ1) is 24.9. The number of nitrogens with two attached hydrogens (primary N) is 1. The Kier molecular flexibility index (Phi) is 6.46. The van der Waals surface area contributed by atoms with Crippen molar-refractivity contribution in [1.29, 1.82) is 0 Å². The molecule has 1 atom stereocenters. The molecule has 0 saturated carbocycles. The molecule has 0 unspecified atom stereocenters. The van der Waals surface area contributed by atoms with Crippen molar-refractivity contribution >= 4 is 33.7 Å². The molecule has 0 saturated heterocycles. The Bertz CT molecular complexity index is 1500. The highest BCUT2D eigenvalue weighted by molar-refractivity contribution is 7.10. The highest BCUT2D eigenvalue weighted by Crippen LogP contribution is 2.37. The number of pyridine rings is 1. The molecule has 4 heterocycles. The molecular weight excluding hydrogens is 507 g/mol. The second-order valence-corrected chi connectivity index (χ2v) is 9.39. The van der Waals surface area contributed by atoms with Gasteiger partial charge in [0.05, 0.1) is 13.2 Å². The van der Waals surface area contributed by atoms with Crippen LogP contribution in [0.3, 0.4) is 0 Å². The van der Waals surface area contributed by atoms with Crippen molar-refractivity contribution in [1.82, 2.24) is 19.9 Å². The van der Waals surface area contributed by atoms with Gasteiger partial charge in [-0.05, 0) is 43.2 Å². The van der Waals surface area contributed by atoms with E-state index in [1.165, 1.54) is 19.2 Å². The van der Waals surface area contributed by atoms with Crippen molar-refractivity contribution < 1.29 is 27.1 Å². The number of fused-ring (bicyclic) bond motifs is 1. The van der Waals surface area contributed by atoms with E-state index in [2.05, 4.69) is 15.0 Å². The lowest BCUT2D eigenvalue weighted by Crippen LogP contribution is -2.35. The van der Waals surface area contributed by atoms with E-state index in [1.807, 2.05) is 11.5 Å². The third kappa shape index (κ3) is 4.69. The SMILES string of the molecule is COc1ccc(-c2nc(C(=O)N3CC=C(c4nccs4)CC3)c([C@H](C)N)o2)c2ccc(C(F)(F)F)nc12. The minimum Gasteiger partial charge on any atom is -0.494 e. The molecule has 8 nitrogen and oxygen atoms in total. The predicted octanol–water partition coefficient (Wildman–Crippen LogP) is 5.32. The highest BCUT2D eigenvalue weighted by atomic mass is 32.1. The van der Waals surface area contributed by atoms with Gasteiger partial charge in [0, 0.05) is 35.6 Å². The quantitative estimate of drug-likeness (QED) is 0.373. The van der Waals surface area contributed by atoms with Crippen LogP contribution in [-0.2, 0) is 6.18 Å². The Morgan fingerprint density at radius 1 is 1.24 bits per heavy atom. The van der Waals surface area contributed by atoms with Gasteiger partial charge in [0.25, 0.3) is 5.91 Å². The molecule has 1 aliphatic rings. The lowest BCUT2D eigenvalue weighted by molar-refractivity contribution is -0.140. The second-order valence-electron chi connectivity index (χ2n) is 8.49. The molecule has 12 heteroatoms. The smallest absolute Gasteiger partial charge is 0.433 e. The van der Waals surface area contributed by atoms with Crippen LogP contribution in [0.1, 0.15) is 46.3 Å². The summed E-state index contributed by atoms with van der Waals surface area (Å²) in [7, 11) is 1.35. The van der Waals surface area contributed by atoms with Crippen molar-refractivity contribution in [3.05, 3.63) is 64.1 Å². The van der Waals surface area contributed by atoms with Gasteiger partial charge in [-0.3, -0.25) is 4.79 Å². The van der Waals surface area contributed by atoms with Crippen LogP contribution in [0.15, 0.2) is 46.3 Å². The average molecular weight is 530 g/mol. The number of hydrogen-bond acceptors (Lipinski definition) is 8. The number of oxazole rings is 1. The van der Waals surface area contributed by atoms with Gasteiger partial charge in [0.2, 0.25) is 5.89 Å². The molecule has 1 aliphatic heterocycles. The summed E-state index contributed by atoms with van der Waals surface area (Å²) < 4.78 is 51.0. The Morgan fingerprint density at radius 2 is 2.05 bits per heavy atom.